The summed E-state index contributed by atoms with van der Waals surface area (Å²) in [5.74, 6) is -2.24. The Bertz CT molecular complexity index is 241. The lowest BCUT2D eigenvalue weighted by Gasteiger charge is -2.45. The Morgan fingerprint density at radius 3 is 1.94 bits per heavy atom. The SMILES string of the molecule is CCC1(C(F)(F)F)CCCCC1C(F)(F)F. The van der Waals surface area contributed by atoms with Crippen molar-refractivity contribution in [2.45, 2.75) is 51.4 Å². The zero-order chi connectivity index (χ0) is 12.6. The molecule has 0 aromatic rings. The van der Waals surface area contributed by atoms with Gasteiger partial charge in [0, 0.05) is 0 Å². The molecule has 0 spiro atoms. The molecule has 16 heavy (non-hydrogen) atoms. The van der Waals surface area contributed by atoms with Crippen LogP contribution in [0.25, 0.3) is 0 Å². The fourth-order valence-corrected chi connectivity index (χ4v) is 2.68. The van der Waals surface area contributed by atoms with Crippen LogP contribution in [-0.2, 0) is 0 Å². The molecule has 0 radical (unpaired) electrons. The number of hydrogen-bond donors (Lipinski definition) is 0. The molecule has 0 bridgehead atoms. The van der Waals surface area contributed by atoms with E-state index in [2.05, 4.69) is 0 Å². The lowest BCUT2D eigenvalue weighted by Crippen LogP contribution is -2.51. The lowest BCUT2D eigenvalue weighted by molar-refractivity contribution is -0.309. The zero-order valence-electron chi connectivity index (χ0n) is 8.88. The third-order valence-electron chi connectivity index (χ3n) is 3.62. The molecule has 0 amide bonds. The average Bonchev–Trinajstić information content (AvgIpc) is 2.14. The van der Waals surface area contributed by atoms with Crippen LogP contribution in [-0.4, -0.2) is 12.4 Å². The monoisotopic (exact) mass is 248 g/mol. The maximum absolute atomic E-state index is 12.9. The van der Waals surface area contributed by atoms with Gasteiger partial charge in [-0.1, -0.05) is 19.8 Å². The van der Waals surface area contributed by atoms with Gasteiger partial charge in [-0.15, -0.1) is 0 Å². The molecular weight excluding hydrogens is 234 g/mol. The van der Waals surface area contributed by atoms with E-state index >= 15 is 0 Å². The largest absolute Gasteiger partial charge is 0.395 e. The van der Waals surface area contributed by atoms with Crippen LogP contribution >= 0.6 is 0 Å². The van der Waals surface area contributed by atoms with Crippen molar-refractivity contribution in [1.29, 1.82) is 0 Å². The highest BCUT2D eigenvalue weighted by molar-refractivity contribution is 4.97. The van der Waals surface area contributed by atoms with Crippen LogP contribution in [0.4, 0.5) is 26.3 Å². The Morgan fingerprint density at radius 1 is 1.06 bits per heavy atom. The van der Waals surface area contributed by atoms with Crippen molar-refractivity contribution in [3.05, 3.63) is 0 Å². The number of rotatable bonds is 1. The van der Waals surface area contributed by atoms with Crippen molar-refractivity contribution in [2.24, 2.45) is 11.3 Å². The van der Waals surface area contributed by atoms with Crippen LogP contribution in [0.15, 0.2) is 0 Å². The molecule has 1 aliphatic carbocycles. The lowest BCUT2D eigenvalue weighted by atomic mass is 9.63. The summed E-state index contributed by atoms with van der Waals surface area (Å²) in [6, 6.07) is 0. The normalized spacial score (nSPS) is 32.8. The molecule has 1 saturated carbocycles. The van der Waals surface area contributed by atoms with E-state index in [9.17, 15) is 26.3 Å². The van der Waals surface area contributed by atoms with E-state index in [1.54, 1.807) is 0 Å². The fraction of sp³-hybridized carbons (Fsp3) is 1.00. The second kappa shape index (κ2) is 4.11. The molecule has 2 atom stereocenters. The smallest absolute Gasteiger partial charge is 0.171 e. The van der Waals surface area contributed by atoms with E-state index < -0.39 is 42.9 Å². The third kappa shape index (κ3) is 2.15. The Hall–Kier alpha value is -0.420. The summed E-state index contributed by atoms with van der Waals surface area (Å²) in [6.07, 6.45) is -10.4. The Balaban J connectivity index is 3.12. The Kier molecular flexibility index (Phi) is 3.50. The van der Waals surface area contributed by atoms with Gasteiger partial charge in [-0.25, -0.2) is 0 Å². The van der Waals surface area contributed by atoms with E-state index in [4.69, 9.17) is 0 Å². The van der Waals surface area contributed by atoms with Crippen LogP contribution in [0, 0.1) is 11.3 Å². The highest BCUT2D eigenvalue weighted by atomic mass is 19.4. The summed E-state index contributed by atoms with van der Waals surface area (Å²) >= 11 is 0. The van der Waals surface area contributed by atoms with Gasteiger partial charge in [0.1, 0.15) is 0 Å². The molecule has 0 heterocycles. The standard InChI is InChI=1S/C10H14F6/c1-2-8(10(14,15)16)6-4-3-5-7(8)9(11,12)13/h7H,2-6H2,1H3. The molecule has 1 fully saturated rings. The minimum atomic E-state index is -4.78. The minimum absolute atomic E-state index is 0.222. The maximum Gasteiger partial charge on any atom is 0.395 e. The second-order valence-corrected chi connectivity index (χ2v) is 4.35. The van der Waals surface area contributed by atoms with Crippen LogP contribution < -0.4 is 0 Å². The predicted molar refractivity (Wildman–Crippen MR) is 46.8 cm³/mol. The van der Waals surface area contributed by atoms with Crippen molar-refractivity contribution >= 4 is 0 Å². The van der Waals surface area contributed by atoms with E-state index in [-0.39, 0.29) is 12.8 Å². The van der Waals surface area contributed by atoms with Gasteiger partial charge in [0.2, 0.25) is 0 Å². The van der Waals surface area contributed by atoms with Crippen LogP contribution in [0.2, 0.25) is 0 Å². The van der Waals surface area contributed by atoms with Crippen molar-refractivity contribution in [3.8, 4) is 0 Å². The van der Waals surface area contributed by atoms with Gasteiger partial charge in [-0.05, 0) is 19.3 Å². The molecule has 0 saturated heterocycles. The highest BCUT2D eigenvalue weighted by Gasteiger charge is 2.65. The molecule has 6 heteroatoms. The predicted octanol–water partition coefficient (Wildman–Crippen LogP) is 4.70. The zero-order valence-corrected chi connectivity index (χ0v) is 8.88. The van der Waals surface area contributed by atoms with Gasteiger partial charge in [-0.3, -0.25) is 0 Å². The van der Waals surface area contributed by atoms with Crippen LogP contribution in [0.5, 0.6) is 0 Å². The fourth-order valence-electron chi connectivity index (χ4n) is 2.68. The number of alkyl halides is 6. The summed E-state index contributed by atoms with van der Waals surface area (Å²) in [5, 5.41) is 0. The van der Waals surface area contributed by atoms with E-state index in [0.29, 0.717) is 0 Å². The summed E-state index contributed by atoms with van der Waals surface area (Å²) < 4.78 is 76.6. The summed E-state index contributed by atoms with van der Waals surface area (Å²) in [7, 11) is 0. The molecule has 0 N–H and O–H groups in total. The van der Waals surface area contributed by atoms with Gasteiger partial charge in [0.05, 0.1) is 11.3 Å². The first-order valence-corrected chi connectivity index (χ1v) is 5.28. The molecule has 96 valence electrons. The topological polar surface area (TPSA) is 0 Å². The van der Waals surface area contributed by atoms with Gasteiger partial charge >= 0.3 is 12.4 Å². The first kappa shape index (κ1) is 13.6. The van der Waals surface area contributed by atoms with Crippen molar-refractivity contribution < 1.29 is 26.3 Å². The van der Waals surface area contributed by atoms with Crippen molar-refractivity contribution in [3.63, 3.8) is 0 Å². The van der Waals surface area contributed by atoms with E-state index in [1.807, 2.05) is 0 Å². The number of halogens is 6. The molecule has 2 unspecified atom stereocenters. The number of hydrogen-bond acceptors (Lipinski definition) is 0. The molecule has 0 aliphatic heterocycles. The molecule has 1 rings (SSSR count). The highest BCUT2D eigenvalue weighted by Crippen LogP contribution is 2.58. The Morgan fingerprint density at radius 2 is 1.62 bits per heavy atom. The molecular formula is C10H14F6. The van der Waals surface area contributed by atoms with Crippen molar-refractivity contribution in [1.82, 2.24) is 0 Å². The quantitative estimate of drug-likeness (QED) is 0.590. The molecule has 1 aliphatic rings. The van der Waals surface area contributed by atoms with E-state index in [0.717, 1.165) is 0 Å². The third-order valence-corrected chi connectivity index (χ3v) is 3.62. The molecule has 0 aromatic heterocycles. The molecule has 0 nitrogen and oxygen atoms in total. The summed E-state index contributed by atoms with van der Waals surface area (Å²) in [5.41, 5.74) is -2.57. The second-order valence-electron chi connectivity index (χ2n) is 4.35. The van der Waals surface area contributed by atoms with Gasteiger partial charge < -0.3 is 0 Å². The first-order valence-electron chi connectivity index (χ1n) is 5.28. The van der Waals surface area contributed by atoms with Crippen LogP contribution in [0.1, 0.15) is 39.0 Å². The van der Waals surface area contributed by atoms with E-state index in [1.165, 1.54) is 6.92 Å². The van der Waals surface area contributed by atoms with Gasteiger partial charge in [0.25, 0.3) is 0 Å². The van der Waals surface area contributed by atoms with Crippen LogP contribution in [0.3, 0.4) is 0 Å². The summed E-state index contributed by atoms with van der Waals surface area (Å²) in [4.78, 5) is 0. The molecule has 0 aromatic carbocycles. The first-order chi connectivity index (χ1) is 7.15. The minimum Gasteiger partial charge on any atom is -0.171 e. The van der Waals surface area contributed by atoms with Crippen molar-refractivity contribution in [2.75, 3.05) is 0 Å². The average molecular weight is 248 g/mol. The van der Waals surface area contributed by atoms with Gasteiger partial charge in [-0.2, -0.15) is 26.3 Å². The maximum atomic E-state index is 12.9. The van der Waals surface area contributed by atoms with Gasteiger partial charge in [0.15, 0.2) is 0 Å². The Labute approximate surface area is 90.0 Å². The summed E-state index contributed by atoms with van der Waals surface area (Å²) in [6.45, 7) is 1.19.